The number of nitrogens with zero attached hydrogens (tertiary/aromatic N) is 1. The van der Waals surface area contributed by atoms with E-state index < -0.39 is 10.0 Å². The molecule has 0 bridgehead atoms. The highest BCUT2D eigenvalue weighted by molar-refractivity contribution is 7.89. The molecule has 0 saturated carbocycles. The van der Waals surface area contributed by atoms with Gasteiger partial charge in [0.15, 0.2) is 0 Å². The summed E-state index contributed by atoms with van der Waals surface area (Å²) in [6, 6.07) is 0.291. The van der Waals surface area contributed by atoms with E-state index in [1.165, 1.54) is 0 Å². The van der Waals surface area contributed by atoms with E-state index in [1.807, 2.05) is 20.8 Å². The molecule has 0 aromatic rings. The van der Waals surface area contributed by atoms with Crippen LogP contribution in [0.3, 0.4) is 0 Å². The summed E-state index contributed by atoms with van der Waals surface area (Å²) in [6.45, 7) is 9.38. The average Bonchev–Trinajstić information content (AvgIpc) is 2.28. The zero-order valence-electron chi connectivity index (χ0n) is 12.1. The van der Waals surface area contributed by atoms with E-state index in [1.54, 1.807) is 4.31 Å². The molecule has 1 rings (SSSR count). The van der Waals surface area contributed by atoms with Crippen LogP contribution in [-0.2, 0) is 10.0 Å². The minimum atomic E-state index is -3.17. The summed E-state index contributed by atoms with van der Waals surface area (Å²) < 4.78 is 26.9. The summed E-state index contributed by atoms with van der Waals surface area (Å²) in [5.74, 6) is 0. The summed E-state index contributed by atoms with van der Waals surface area (Å²) in [7, 11) is -3.17. The predicted molar refractivity (Wildman–Crippen MR) is 76.2 cm³/mol. The Hall–Kier alpha value is -0.130. The van der Waals surface area contributed by atoms with Crippen molar-refractivity contribution in [1.82, 2.24) is 9.62 Å². The molecule has 0 radical (unpaired) electrons. The number of hydrogen-bond donors (Lipinski definition) is 1. The second-order valence-electron chi connectivity index (χ2n) is 5.52. The van der Waals surface area contributed by atoms with E-state index in [9.17, 15) is 8.42 Å². The lowest BCUT2D eigenvalue weighted by Gasteiger charge is -2.39. The van der Waals surface area contributed by atoms with Gasteiger partial charge < -0.3 is 5.32 Å². The van der Waals surface area contributed by atoms with E-state index in [0.29, 0.717) is 6.54 Å². The molecule has 0 spiro atoms. The smallest absolute Gasteiger partial charge is 0.218 e. The minimum Gasteiger partial charge on any atom is -0.315 e. The first-order valence-corrected chi connectivity index (χ1v) is 8.64. The van der Waals surface area contributed by atoms with Crippen LogP contribution in [0.15, 0.2) is 0 Å². The number of rotatable bonds is 6. The predicted octanol–water partition coefficient (Wildman–Crippen LogP) is 1.97. The molecule has 3 atom stereocenters. The first-order chi connectivity index (χ1) is 8.41. The topological polar surface area (TPSA) is 49.4 Å². The molecule has 0 amide bonds. The van der Waals surface area contributed by atoms with Crippen molar-refractivity contribution in [3.05, 3.63) is 0 Å². The van der Waals surface area contributed by atoms with Crippen LogP contribution in [0, 0.1) is 0 Å². The minimum absolute atomic E-state index is 0.146. The maximum Gasteiger partial charge on any atom is 0.218 e. The first kappa shape index (κ1) is 15.9. The molecule has 1 heterocycles. The number of hydrogen-bond acceptors (Lipinski definition) is 3. The standard InChI is InChI=1S/C13H28N2O2S/c1-5-9-14-10-13(4)18(16,17)15-11(2)7-6-8-12(15)3/h11-14H,5-10H2,1-4H3/t11-,12+,13?. The van der Waals surface area contributed by atoms with Gasteiger partial charge in [-0.1, -0.05) is 13.3 Å². The van der Waals surface area contributed by atoms with Crippen LogP contribution >= 0.6 is 0 Å². The lowest BCUT2D eigenvalue weighted by Crippen LogP contribution is -2.52. The Labute approximate surface area is 112 Å². The van der Waals surface area contributed by atoms with Crippen molar-refractivity contribution in [3.8, 4) is 0 Å². The molecule has 108 valence electrons. The van der Waals surface area contributed by atoms with Crippen molar-refractivity contribution in [2.24, 2.45) is 0 Å². The lowest BCUT2D eigenvalue weighted by atomic mass is 10.0. The highest BCUT2D eigenvalue weighted by Crippen LogP contribution is 2.27. The Kier molecular flexibility index (Phi) is 6.08. The van der Waals surface area contributed by atoms with Crippen molar-refractivity contribution in [3.63, 3.8) is 0 Å². The highest BCUT2D eigenvalue weighted by atomic mass is 32.2. The fourth-order valence-electron chi connectivity index (χ4n) is 2.69. The van der Waals surface area contributed by atoms with Gasteiger partial charge in [-0.15, -0.1) is 0 Å². The molecule has 1 N–H and O–H groups in total. The molecular formula is C13H28N2O2S. The quantitative estimate of drug-likeness (QED) is 0.755. The molecule has 1 saturated heterocycles. The van der Waals surface area contributed by atoms with E-state index in [2.05, 4.69) is 12.2 Å². The van der Waals surface area contributed by atoms with E-state index in [0.717, 1.165) is 32.2 Å². The summed E-state index contributed by atoms with van der Waals surface area (Å²) in [6.07, 6.45) is 4.14. The SMILES string of the molecule is CCCNCC(C)S(=O)(=O)N1[C@H](C)CCC[C@@H]1C. The second kappa shape index (κ2) is 6.87. The van der Waals surface area contributed by atoms with Crippen molar-refractivity contribution in [1.29, 1.82) is 0 Å². The fourth-order valence-corrected chi connectivity index (χ4v) is 4.65. The Bertz CT molecular complexity index is 333. The van der Waals surface area contributed by atoms with Gasteiger partial charge >= 0.3 is 0 Å². The summed E-state index contributed by atoms with van der Waals surface area (Å²) in [5, 5.41) is 2.86. The van der Waals surface area contributed by atoms with Gasteiger partial charge in [0.2, 0.25) is 10.0 Å². The number of nitrogens with one attached hydrogen (secondary N) is 1. The first-order valence-electron chi connectivity index (χ1n) is 7.14. The van der Waals surface area contributed by atoms with E-state index in [4.69, 9.17) is 0 Å². The fraction of sp³-hybridized carbons (Fsp3) is 1.00. The maximum atomic E-state index is 12.6. The van der Waals surface area contributed by atoms with Crippen LogP contribution in [0.25, 0.3) is 0 Å². The lowest BCUT2D eigenvalue weighted by molar-refractivity contribution is 0.202. The highest BCUT2D eigenvalue weighted by Gasteiger charge is 2.37. The molecule has 0 aromatic heterocycles. The van der Waals surface area contributed by atoms with Gasteiger partial charge in [0.25, 0.3) is 0 Å². The van der Waals surface area contributed by atoms with Crippen LogP contribution in [0.4, 0.5) is 0 Å². The van der Waals surface area contributed by atoms with E-state index in [-0.39, 0.29) is 17.3 Å². The number of sulfonamides is 1. The van der Waals surface area contributed by atoms with Gasteiger partial charge in [0, 0.05) is 18.6 Å². The van der Waals surface area contributed by atoms with Gasteiger partial charge in [0.05, 0.1) is 5.25 Å². The molecule has 1 unspecified atom stereocenters. The largest absolute Gasteiger partial charge is 0.315 e. The van der Waals surface area contributed by atoms with Crippen molar-refractivity contribution in [2.45, 2.75) is 70.7 Å². The Balaban J connectivity index is 2.71. The summed E-state index contributed by atoms with van der Waals surface area (Å²) in [5.41, 5.74) is 0. The zero-order chi connectivity index (χ0) is 13.8. The van der Waals surface area contributed by atoms with Crippen LogP contribution in [0.2, 0.25) is 0 Å². The van der Waals surface area contributed by atoms with Gasteiger partial charge in [-0.2, -0.15) is 4.31 Å². The molecule has 1 aliphatic rings. The third kappa shape index (κ3) is 3.68. The third-order valence-electron chi connectivity index (χ3n) is 3.77. The Morgan fingerprint density at radius 3 is 2.33 bits per heavy atom. The third-order valence-corrected chi connectivity index (χ3v) is 6.26. The van der Waals surface area contributed by atoms with Crippen molar-refractivity contribution >= 4 is 10.0 Å². The van der Waals surface area contributed by atoms with Crippen LogP contribution in [-0.4, -0.2) is 43.1 Å². The van der Waals surface area contributed by atoms with Gasteiger partial charge in [-0.05, 0) is 46.6 Å². The summed E-state index contributed by atoms with van der Waals surface area (Å²) >= 11 is 0. The van der Waals surface area contributed by atoms with Crippen molar-refractivity contribution in [2.75, 3.05) is 13.1 Å². The Morgan fingerprint density at radius 2 is 1.83 bits per heavy atom. The molecule has 18 heavy (non-hydrogen) atoms. The van der Waals surface area contributed by atoms with Crippen LogP contribution in [0.1, 0.15) is 53.4 Å². The monoisotopic (exact) mass is 276 g/mol. The van der Waals surface area contributed by atoms with Crippen LogP contribution in [0.5, 0.6) is 0 Å². The Morgan fingerprint density at radius 1 is 1.28 bits per heavy atom. The molecule has 0 aromatic carbocycles. The second-order valence-corrected chi connectivity index (χ2v) is 7.77. The normalized spacial score (nSPS) is 28.2. The molecule has 1 aliphatic heterocycles. The summed E-state index contributed by atoms with van der Waals surface area (Å²) in [4.78, 5) is 0. The van der Waals surface area contributed by atoms with Gasteiger partial charge in [0.1, 0.15) is 0 Å². The molecule has 0 aliphatic carbocycles. The zero-order valence-corrected chi connectivity index (χ0v) is 13.0. The maximum absolute atomic E-state index is 12.6. The average molecular weight is 276 g/mol. The molecule has 4 nitrogen and oxygen atoms in total. The molecular weight excluding hydrogens is 248 g/mol. The van der Waals surface area contributed by atoms with Gasteiger partial charge in [-0.25, -0.2) is 8.42 Å². The van der Waals surface area contributed by atoms with Crippen molar-refractivity contribution < 1.29 is 8.42 Å². The molecule has 5 heteroatoms. The molecule has 1 fully saturated rings. The van der Waals surface area contributed by atoms with Crippen LogP contribution < -0.4 is 5.32 Å². The van der Waals surface area contributed by atoms with Gasteiger partial charge in [-0.3, -0.25) is 0 Å². The number of piperidine rings is 1. The van der Waals surface area contributed by atoms with E-state index >= 15 is 0 Å².